The van der Waals surface area contributed by atoms with Gasteiger partial charge in [-0.1, -0.05) is 23.2 Å². The number of methoxy groups -OCH3 is 1. The first-order valence-electron chi connectivity index (χ1n) is 8.75. The van der Waals surface area contributed by atoms with E-state index in [2.05, 4.69) is 10.0 Å². The van der Waals surface area contributed by atoms with Gasteiger partial charge in [-0.05, 0) is 55.8 Å². The van der Waals surface area contributed by atoms with Crippen LogP contribution in [0, 0.1) is 0 Å². The zero-order valence-corrected chi connectivity index (χ0v) is 18.3. The van der Waals surface area contributed by atoms with Crippen LogP contribution in [0.25, 0.3) is 0 Å². The first-order chi connectivity index (χ1) is 13.7. The van der Waals surface area contributed by atoms with E-state index >= 15 is 0 Å². The highest BCUT2D eigenvalue weighted by Gasteiger charge is 2.21. The van der Waals surface area contributed by atoms with E-state index in [1.54, 1.807) is 18.2 Å². The standard InChI is InChI=1S/C19H22Cl2N2O5S/c1-13(23-29(25,26)16-7-5-15(27-2)6-8-16)19(24)22-10-3-11-28-18-9-4-14(20)12-17(18)21/h4-9,12-13,23H,3,10-11H2,1-2H3,(H,22,24)/t13-/m0/s1. The molecule has 0 bridgehead atoms. The molecule has 2 aromatic rings. The Morgan fingerprint density at radius 1 is 1.14 bits per heavy atom. The summed E-state index contributed by atoms with van der Waals surface area (Å²) in [6.45, 7) is 2.12. The van der Waals surface area contributed by atoms with Crippen molar-refractivity contribution in [2.75, 3.05) is 20.3 Å². The number of nitrogens with one attached hydrogen (secondary N) is 2. The maximum absolute atomic E-state index is 12.4. The van der Waals surface area contributed by atoms with E-state index in [1.165, 1.54) is 38.3 Å². The fraction of sp³-hybridized carbons (Fsp3) is 0.316. The van der Waals surface area contributed by atoms with E-state index in [1.807, 2.05) is 0 Å². The lowest BCUT2D eigenvalue weighted by molar-refractivity contribution is -0.122. The van der Waals surface area contributed by atoms with Gasteiger partial charge in [-0.25, -0.2) is 8.42 Å². The molecule has 0 radical (unpaired) electrons. The number of halogens is 2. The molecule has 0 aliphatic carbocycles. The summed E-state index contributed by atoms with van der Waals surface area (Å²) < 4.78 is 37.6. The topological polar surface area (TPSA) is 93.7 Å². The van der Waals surface area contributed by atoms with E-state index in [0.29, 0.717) is 41.1 Å². The van der Waals surface area contributed by atoms with Crippen LogP contribution in [0.15, 0.2) is 47.4 Å². The molecule has 0 unspecified atom stereocenters. The second-order valence-corrected chi connectivity index (χ2v) is 8.64. The summed E-state index contributed by atoms with van der Waals surface area (Å²) in [6, 6.07) is 9.86. The van der Waals surface area contributed by atoms with Crippen molar-refractivity contribution in [1.29, 1.82) is 0 Å². The molecule has 7 nitrogen and oxygen atoms in total. The van der Waals surface area contributed by atoms with Crippen molar-refractivity contribution in [3.63, 3.8) is 0 Å². The van der Waals surface area contributed by atoms with Gasteiger partial charge >= 0.3 is 0 Å². The summed E-state index contributed by atoms with van der Waals surface area (Å²) in [5.41, 5.74) is 0. The van der Waals surface area contributed by atoms with Gasteiger partial charge < -0.3 is 14.8 Å². The van der Waals surface area contributed by atoms with E-state index in [0.717, 1.165) is 0 Å². The fourth-order valence-electron chi connectivity index (χ4n) is 2.32. The minimum atomic E-state index is -3.83. The summed E-state index contributed by atoms with van der Waals surface area (Å²) >= 11 is 11.8. The normalized spacial score (nSPS) is 12.3. The third-order valence-electron chi connectivity index (χ3n) is 3.87. The van der Waals surface area contributed by atoms with Crippen molar-refractivity contribution in [3.05, 3.63) is 52.5 Å². The van der Waals surface area contributed by atoms with Crippen molar-refractivity contribution in [3.8, 4) is 11.5 Å². The van der Waals surface area contributed by atoms with Crippen LogP contribution in [0.1, 0.15) is 13.3 Å². The quantitative estimate of drug-likeness (QED) is 0.530. The molecule has 0 heterocycles. The highest BCUT2D eigenvalue weighted by atomic mass is 35.5. The number of hydrogen-bond acceptors (Lipinski definition) is 5. The molecular weight excluding hydrogens is 439 g/mol. The molecule has 29 heavy (non-hydrogen) atoms. The smallest absolute Gasteiger partial charge is 0.241 e. The summed E-state index contributed by atoms with van der Waals surface area (Å²) in [7, 11) is -2.34. The average Bonchev–Trinajstić information content (AvgIpc) is 2.68. The monoisotopic (exact) mass is 460 g/mol. The number of sulfonamides is 1. The third-order valence-corrected chi connectivity index (χ3v) is 5.95. The van der Waals surface area contributed by atoms with Crippen LogP contribution in [0.4, 0.5) is 0 Å². The fourth-order valence-corrected chi connectivity index (χ4v) is 3.99. The van der Waals surface area contributed by atoms with Crippen molar-refractivity contribution in [2.45, 2.75) is 24.3 Å². The lowest BCUT2D eigenvalue weighted by Crippen LogP contribution is -2.45. The van der Waals surface area contributed by atoms with Crippen LogP contribution in [-0.4, -0.2) is 40.6 Å². The summed E-state index contributed by atoms with van der Waals surface area (Å²) in [5, 5.41) is 3.58. The molecule has 2 aromatic carbocycles. The van der Waals surface area contributed by atoms with Gasteiger partial charge in [0, 0.05) is 11.6 Å². The van der Waals surface area contributed by atoms with Crippen molar-refractivity contribution in [2.24, 2.45) is 0 Å². The Kier molecular flexibility index (Phi) is 8.58. The second kappa shape index (κ2) is 10.7. The van der Waals surface area contributed by atoms with E-state index in [-0.39, 0.29) is 4.90 Å². The van der Waals surface area contributed by atoms with Crippen LogP contribution in [0.3, 0.4) is 0 Å². The largest absolute Gasteiger partial charge is 0.497 e. The highest BCUT2D eigenvalue weighted by molar-refractivity contribution is 7.89. The Hall–Kier alpha value is -2.00. The van der Waals surface area contributed by atoms with Gasteiger partial charge in [-0.3, -0.25) is 4.79 Å². The Bertz CT molecular complexity index is 936. The summed E-state index contributed by atoms with van der Waals surface area (Å²) in [4.78, 5) is 12.2. The molecule has 0 fully saturated rings. The predicted octanol–water partition coefficient (Wildman–Crippen LogP) is 3.25. The van der Waals surface area contributed by atoms with Gasteiger partial charge in [-0.15, -0.1) is 0 Å². The van der Waals surface area contributed by atoms with Crippen molar-refractivity contribution >= 4 is 39.1 Å². The van der Waals surface area contributed by atoms with E-state index < -0.39 is 22.0 Å². The number of ether oxygens (including phenoxy) is 2. The molecule has 0 saturated heterocycles. The Morgan fingerprint density at radius 2 is 1.83 bits per heavy atom. The van der Waals surface area contributed by atoms with Gasteiger partial charge in [-0.2, -0.15) is 4.72 Å². The van der Waals surface area contributed by atoms with Gasteiger partial charge in [0.05, 0.1) is 29.7 Å². The molecule has 2 rings (SSSR count). The Morgan fingerprint density at radius 3 is 2.45 bits per heavy atom. The maximum Gasteiger partial charge on any atom is 0.241 e. The summed E-state index contributed by atoms with van der Waals surface area (Å²) in [6.07, 6.45) is 0.517. The molecular formula is C19H22Cl2N2O5S. The molecule has 0 aliphatic heterocycles. The molecule has 0 spiro atoms. The lowest BCUT2D eigenvalue weighted by Gasteiger charge is -2.15. The Balaban J connectivity index is 1.76. The van der Waals surface area contributed by atoms with Crippen molar-refractivity contribution < 1.29 is 22.7 Å². The number of carbonyl (C=O) groups is 1. The minimum absolute atomic E-state index is 0.0474. The number of carbonyl (C=O) groups excluding carboxylic acids is 1. The van der Waals surface area contributed by atoms with E-state index in [4.69, 9.17) is 32.7 Å². The molecule has 0 aliphatic rings. The zero-order valence-electron chi connectivity index (χ0n) is 15.9. The van der Waals surface area contributed by atoms with Gasteiger partial charge in [0.2, 0.25) is 15.9 Å². The number of rotatable bonds is 10. The molecule has 2 N–H and O–H groups in total. The molecule has 1 atom stereocenters. The molecule has 0 saturated carbocycles. The average molecular weight is 461 g/mol. The van der Waals surface area contributed by atoms with E-state index in [9.17, 15) is 13.2 Å². The predicted molar refractivity (Wildman–Crippen MR) is 112 cm³/mol. The first kappa shape index (κ1) is 23.3. The van der Waals surface area contributed by atoms with Crippen molar-refractivity contribution in [1.82, 2.24) is 10.0 Å². The zero-order chi connectivity index (χ0) is 21.4. The minimum Gasteiger partial charge on any atom is -0.497 e. The third kappa shape index (κ3) is 7.08. The molecule has 10 heteroatoms. The highest BCUT2D eigenvalue weighted by Crippen LogP contribution is 2.27. The van der Waals surface area contributed by atoms with Crippen LogP contribution in [-0.2, 0) is 14.8 Å². The van der Waals surface area contributed by atoms with Crippen LogP contribution >= 0.6 is 23.2 Å². The number of amides is 1. The lowest BCUT2D eigenvalue weighted by atomic mass is 10.3. The number of benzene rings is 2. The maximum atomic E-state index is 12.4. The van der Waals surface area contributed by atoms with Crippen LogP contribution in [0.2, 0.25) is 10.0 Å². The molecule has 1 amide bonds. The van der Waals surface area contributed by atoms with Crippen LogP contribution < -0.4 is 19.5 Å². The Labute approximate surface area is 180 Å². The van der Waals surface area contributed by atoms with Gasteiger partial charge in [0.25, 0.3) is 0 Å². The SMILES string of the molecule is COc1ccc(S(=O)(=O)N[C@@H](C)C(=O)NCCCOc2ccc(Cl)cc2Cl)cc1. The summed E-state index contributed by atoms with van der Waals surface area (Å²) in [5.74, 6) is 0.603. The first-order valence-corrected chi connectivity index (χ1v) is 11.0. The van der Waals surface area contributed by atoms with Gasteiger partial charge in [0.1, 0.15) is 11.5 Å². The van der Waals surface area contributed by atoms with Gasteiger partial charge in [0.15, 0.2) is 0 Å². The second-order valence-electron chi connectivity index (χ2n) is 6.09. The number of hydrogen-bond donors (Lipinski definition) is 2. The van der Waals surface area contributed by atoms with Crippen LogP contribution in [0.5, 0.6) is 11.5 Å². The molecule has 0 aromatic heterocycles. The molecule has 158 valence electrons.